The Morgan fingerprint density at radius 2 is 2.48 bits per heavy atom. The second-order valence-electron chi connectivity index (χ2n) is 5.68. The van der Waals surface area contributed by atoms with Gasteiger partial charge in [-0.2, -0.15) is 0 Å². The van der Waals surface area contributed by atoms with Crippen molar-refractivity contribution < 1.29 is 14.3 Å². The fraction of sp³-hybridized carbons (Fsp3) is 0.733. The number of oxazole rings is 1. The molecule has 1 aromatic heterocycles. The number of rotatable bonds is 8. The first kappa shape index (κ1) is 16.4. The zero-order chi connectivity index (χ0) is 15.3. The number of hydrogen-bond acceptors (Lipinski definition) is 5. The predicted molar refractivity (Wildman–Crippen MR) is 82.6 cm³/mol. The standard InChI is InChI=1S/C15H24N2O3S/c1-3-8-16-15(13(18)19)7-4-5-12(15)6-9-21-14-17-11(2)10-20-14/h10,12,16H,3-9H2,1-2H3,(H,18,19). The fourth-order valence-electron chi connectivity index (χ4n) is 3.09. The van der Waals surface area contributed by atoms with Gasteiger partial charge in [0.05, 0.1) is 5.69 Å². The van der Waals surface area contributed by atoms with Crippen molar-refractivity contribution in [2.45, 2.75) is 56.7 Å². The summed E-state index contributed by atoms with van der Waals surface area (Å²) >= 11 is 1.57. The molecule has 1 heterocycles. The molecule has 2 atom stereocenters. The van der Waals surface area contributed by atoms with E-state index in [0.29, 0.717) is 5.22 Å². The van der Waals surface area contributed by atoms with Gasteiger partial charge in [-0.15, -0.1) is 0 Å². The Bertz CT molecular complexity index is 477. The van der Waals surface area contributed by atoms with Crippen molar-refractivity contribution in [2.24, 2.45) is 5.92 Å². The summed E-state index contributed by atoms with van der Waals surface area (Å²) in [5.41, 5.74) is 0.145. The number of nitrogens with one attached hydrogen (secondary N) is 1. The minimum absolute atomic E-state index is 0.185. The first-order chi connectivity index (χ1) is 10.1. The van der Waals surface area contributed by atoms with Crippen LogP contribution >= 0.6 is 11.8 Å². The molecule has 0 aromatic carbocycles. The highest BCUT2D eigenvalue weighted by atomic mass is 32.2. The minimum atomic E-state index is -0.733. The summed E-state index contributed by atoms with van der Waals surface area (Å²) in [5, 5.41) is 13.7. The molecule has 118 valence electrons. The molecule has 5 nitrogen and oxygen atoms in total. The third kappa shape index (κ3) is 3.80. The maximum Gasteiger partial charge on any atom is 0.324 e. The normalized spacial score (nSPS) is 25.3. The molecule has 0 amide bonds. The first-order valence-corrected chi connectivity index (χ1v) is 8.60. The molecular weight excluding hydrogens is 288 g/mol. The lowest BCUT2D eigenvalue weighted by atomic mass is 9.85. The van der Waals surface area contributed by atoms with Crippen LogP contribution in [0.25, 0.3) is 0 Å². The molecule has 1 aliphatic rings. The van der Waals surface area contributed by atoms with E-state index in [9.17, 15) is 9.90 Å². The maximum absolute atomic E-state index is 11.8. The van der Waals surface area contributed by atoms with Gasteiger partial charge in [0.2, 0.25) is 0 Å². The second-order valence-corrected chi connectivity index (χ2v) is 6.73. The SMILES string of the molecule is CCCNC1(C(=O)O)CCCC1CCSc1nc(C)co1. The molecule has 0 saturated heterocycles. The highest BCUT2D eigenvalue weighted by Gasteiger charge is 2.48. The van der Waals surface area contributed by atoms with Gasteiger partial charge in [0.25, 0.3) is 5.22 Å². The summed E-state index contributed by atoms with van der Waals surface area (Å²) < 4.78 is 5.31. The van der Waals surface area contributed by atoms with Crippen LogP contribution < -0.4 is 5.32 Å². The lowest BCUT2D eigenvalue weighted by molar-refractivity contribution is -0.146. The molecule has 1 fully saturated rings. The zero-order valence-electron chi connectivity index (χ0n) is 12.7. The molecule has 1 saturated carbocycles. The van der Waals surface area contributed by atoms with E-state index in [2.05, 4.69) is 17.2 Å². The molecule has 2 N–H and O–H groups in total. The van der Waals surface area contributed by atoms with Crippen molar-refractivity contribution in [3.05, 3.63) is 12.0 Å². The van der Waals surface area contributed by atoms with E-state index < -0.39 is 11.5 Å². The van der Waals surface area contributed by atoms with Gasteiger partial charge in [0.15, 0.2) is 0 Å². The molecule has 0 radical (unpaired) electrons. The average molecular weight is 312 g/mol. The smallest absolute Gasteiger partial charge is 0.324 e. The van der Waals surface area contributed by atoms with Crippen molar-refractivity contribution in [3.63, 3.8) is 0 Å². The second kappa shape index (κ2) is 7.31. The summed E-state index contributed by atoms with van der Waals surface area (Å²) in [6.45, 7) is 4.72. The molecule has 0 bridgehead atoms. The number of carboxylic acid groups (broad SMARTS) is 1. The van der Waals surface area contributed by atoms with E-state index in [1.54, 1.807) is 18.0 Å². The van der Waals surface area contributed by atoms with E-state index in [4.69, 9.17) is 4.42 Å². The highest BCUT2D eigenvalue weighted by Crippen LogP contribution is 2.39. The van der Waals surface area contributed by atoms with Gasteiger partial charge in [-0.3, -0.25) is 4.79 Å². The summed E-state index contributed by atoms with van der Waals surface area (Å²) in [4.78, 5) is 16.0. The molecule has 1 aliphatic carbocycles. The lowest BCUT2D eigenvalue weighted by Crippen LogP contribution is -2.55. The van der Waals surface area contributed by atoms with Crippen LogP contribution in [0.2, 0.25) is 0 Å². The van der Waals surface area contributed by atoms with Crippen LogP contribution in [0, 0.1) is 12.8 Å². The van der Waals surface area contributed by atoms with Crippen LogP contribution in [0.5, 0.6) is 0 Å². The molecule has 2 rings (SSSR count). The van der Waals surface area contributed by atoms with Crippen LogP contribution in [0.15, 0.2) is 15.9 Å². The van der Waals surface area contributed by atoms with Gasteiger partial charge >= 0.3 is 5.97 Å². The molecule has 1 aromatic rings. The number of carbonyl (C=O) groups is 1. The molecule has 21 heavy (non-hydrogen) atoms. The van der Waals surface area contributed by atoms with Crippen molar-refractivity contribution in [1.82, 2.24) is 10.3 Å². The Labute approximate surface area is 129 Å². The zero-order valence-corrected chi connectivity index (χ0v) is 13.5. The Morgan fingerprint density at radius 1 is 1.67 bits per heavy atom. The summed E-state index contributed by atoms with van der Waals surface area (Å²) in [6, 6.07) is 0. The first-order valence-electron chi connectivity index (χ1n) is 7.62. The van der Waals surface area contributed by atoms with Gasteiger partial charge in [-0.1, -0.05) is 25.1 Å². The van der Waals surface area contributed by atoms with Crippen molar-refractivity contribution in [2.75, 3.05) is 12.3 Å². The Kier molecular flexibility index (Phi) is 5.70. The van der Waals surface area contributed by atoms with E-state index in [-0.39, 0.29) is 5.92 Å². The molecule has 2 unspecified atom stereocenters. The van der Waals surface area contributed by atoms with Gasteiger partial charge in [0, 0.05) is 5.75 Å². The maximum atomic E-state index is 11.8. The van der Waals surface area contributed by atoms with E-state index in [1.165, 1.54) is 0 Å². The molecule has 0 spiro atoms. The van der Waals surface area contributed by atoms with Crippen LogP contribution in [-0.4, -0.2) is 33.9 Å². The van der Waals surface area contributed by atoms with Gasteiger partial charge < -0.3 is 14.8 Å². The monoisotopic (exact) mass is 312 g/mol. The third-order valence-corrected chi connectivity index (χ3v) is 5.06. The largest absolute Gasteiger partial charge is 0.480 e. The number of hydrogen-bond donors (Lipinski definition) is 2. The summed E-state index contributed by atoms with van der Waals surface area (Å²) in [7, 11) is 0. The van der Waals surface area contributed by atoms with Crippen molar-refractivity contribution in [1.29, 1.82) is 0 Å². The topological polar surface area (TPSA) is 75.4 Å². The molecule has 0 aliphatic heterocycles. The van der Waals surface area contributed by atoms with Crippen molar-refractivity contribution >= 4 is 17.7 Å². The third-order valence-electron chi connectivity index (χ3n) is 4.18. The number of thioether (sulfide) groups is 1. The van der Waals surface area contributed by atoms with Gasteiger partial charge in [-0.05, 0) is 45.1 Å². The lowest BCUT2D eigenvalue weighted by Gasteiger charge is -2.32. The predicted octanol–water partition coefficient (Wildman–Crippen LogP) is 3.09. The van der Waals surface area contributed by atoms with Crippen LogP contribution in [0.4, 0.5) is 0 Å². The highest BCUT2D eigenvalue weighted by molar-refractivity contribution is 7.99. The number of aliphatic carboxylic acids is 1. The summed E-state index contributed by atoms with van der Waals surface area (Å²) in [6.07, 6.45) is 6.16. The number of nitrogens with zero attached hydrogens (tertiary/aromatic N) is 1. The van der Waals surface area contributed by atoms with E-state index in [0.717, 1.165) is 50.1 Å². The number of aromatic nitrogens is 1. The Morgan fingerprint density at radius 3 is 3.10 bits per heavy atom. The van der Waals surface area contributed by atoms with Crippen molar-refractivity contribution in [3.8, 4) is 0 Å². The summed E-state index contributed by atoms with van der Waals surface area (Å²) in [5.74, 6) is 0.327. The number of aryl methyl sites for hydroxylation is 1. The van der Waals surface area contributed by atoms with Gasteiger partial charge in [0.1, 0.15) is 11.8 Å². The van der Waals surface area contributed by atoms with Crippen LogP contribution in [0.1, 0.15) is 44.7 Å². The number of carboxylic acids is 1. The van der Waals surface area contributed by atoms with E-state index in [1.807, 2.05) is 6.92 Å². The average Bonchev–Trinajstić information content (AvgIpc) is 3.04. The van der Waals surface area contributed by atoms with Crippen LogP contribution in [0.3, 0.4) is 0 Å². The quantitative estimate of drug-likeness (QED) is 0.718. The fourth-order valence-corrected chi connectivity index (χ4v) is 4.00. The van der Waals surface area contributed by atoms with E-state index >= 15 is 0 Å². The Hall–Kier alpha value is -1.01. The minimum Gasteiger partial charge on any atom is -0.480 e. The molecule has 6 heteroatoms. The Balaban J connectivity index is 1.91. The van der Waals surface area contributed by atoms with Gasteiger partial charge in [-0.25, -0.2) is 4.98 Å². The van der Waals surface area contributed by atoms with Crippen LogP contribution in [-0.2, 0) is 4.79 Å². The molecular formula is C15H24N2O3S.